The van der Waals surface area contributed by atoms with Gasteiger partial charge in [0.2, 0.25) is 5.91 Å². The maximum atomic E-state index is 11.4. The minimum absolute atomic E-state index is 0.0461. The Bertz CT molecular complexity index is 735. The van der Waals surface area contributed by atoms with Gasteiger partial charge in [-0.05, 0) is 23.6 Å². The topological polar surface area (TPSA) is 73.0 Å². The van der Waals surface area contributed by atoms with Gasteiger partial charge in [0.15, 0.2) is 11.0 Å². The average Bonchev–Trinajstić information content (AvgIpc) is 3.27. The van der Waals surface area contributed by atoms with Crippen molar-refractivity contribution in [1.82, 2.24) is 20.1 Å². The van der Waals surface area contributed by atoms with E-state index in [1.165, 1.54) is 11.8 Å². The van der Waals surface area contributed by atoms with Gasteiger partial charge in [0.25, 0.3) is 0 Å². The molecule has 0 atom stereocenters. The molecule has 3 aromatic rings. The van der Waals surface area contributed by atoms with Crippen molar-refractivity contribution < 1.29 is 9.21 Å². The van der Waals surface area contributed by atoms with Crippen LogP contribution in [0.1, 0.15) is 5.76 Å². The first kappa shape index (κ1) is 14.9. The zero-order valence-corrected chi connectivity index (χ0v) is 13.5. The van der Waals surface area contributed by atoms with Crippen molar-refractivity contribution in [3.05, 3.63) is 41.7 Å². The summed E-state index contributed by atoms with van der Waals surface area (Å²) in [6.45, 7) is 0.531. The highest BCUT2D eigenvalue weighted by Gasteiger charge is 2.17. The van der Waals surface area contributed by atoms with Crippen LogP contribution >= 0.6 is 23.1 Å². The number of rotatable bonds is 6. The molecule has 0 aliphatic rings. The third kappa shape index (κ3) is 3.23. The van der Waals surface area contributed by atoms with Crippen LogP contribution in [0.15, 0.2) is 45.5 Å². The average molecular weight is 334 g/mol. The molecule has 8 heteroatoms. The number of carbonyl (C=O) groups is 1. The van der Waals surface area contributed by atoms with Gasteiger partial charge in [0.1, 0.15) is 5.76 Å². The van der Waals surface area contributed by atoms with Gasteiger partial charge in [-0.25, -0.2) is 0 Å². The summed E-state index contributed by atoms with van der Waals surface area (Å²) in [4.78, 5) is 12.5. The first-order valence-electron chi connectivity index (χ1n) is 6.61. The highest BCUT2D eigenvalue weighted by molar-refractivity contribution is 7.99. The number of furan rings is 1. The number of amides is 1. The summed E-state index contributed by atoms with van der Waals surface area (Å²) in [7, 11) is 1.62. The Morgan fingerprint density at radius 3 is 3.00 bits per heavy atom. The summed E-state index contributed by atoms with van der Waals surface area (Å²) in [5.41, 5.74) is 0. The Labute approximate surface area is 135 Å². The molecule has 3 heterocycles. The Balaban J connectivity index is 1.90. The predicted octanol–water partition coefficient (Wildman–Crippen LogP) is 2.49. The van der Waals surface area contributed by atoms with Crippen LogP contribution < -0.4 is 5.32 Å². The maximum Gasteiger partial charge on any atom is 0.230 e. The summed E-state index contributed by atoms with van der Waals surface area (Å²) in [6, 6.07) is 7.73. The van der Waals surface area contributed by atoms with E-state index in [2.05, 4.69) is 15.5 Å². The Hall–Kier alpha value is -2.06. The molecule has 1 N–H and O–H groups in total. The van der Waals surface area contributed by atoms with Crippen LogP contribution in [0.3, 0.4) is 0 Å². The van der Waals surface area contributed by atoms with Gasteiger partial charge in [-0.1, -0.05) is 17.8 Å². The fraction of sp³-hybridized carbons (Fsp3) is 0.214. The SMILES string of the molecule is CNC(=O)CSc1nnc(-c2cccs2)n1Cc1ccco1. The van der Waals surface area contributed by atoms with E-state index in [1.807, 2.05) is 34.2 Å². The van der Waals surface area contributed by atoms with Crippen LogP contribution in [-0.2, 0) is 11.3 Å². The molecule has 6 nitrogen and oxygen atoms in total. The lowest BCUT2D eigenvalue weighted by Gasteiger charge is -2.07. The standard InChI is InChI=1S/C14H14N4O2S2/c1-15-12(19)9-22-14-17-16-13(11-5-3-7-21-11)18(14)8-10-4-2-6-20-10/h2-7H,8-9H2,1H3,(H,15,19). The molecular weight excluding hydrogens is 320 g/mol. The number of thioether (sulfide) groups is 1. The number of nitrogens with zero attached hydrogens (tertiary/aromatic N) is 3. The molecule has 0 saturated heterocycles. The number of hydrogen-bond donors (Lipinski definition) is 1. The Kier molecular flexibility index (Phi) is 4.59. The van der Waals surface area contributed by atoms with E-state index in [-0.39, 0.29) is 5.91 Å². The molecule has 0 aliphatic heterocycles. The summed E-state index contributed by atoms with van der Waals surface area (Å²) in [5.74, 6) is 1.86. The molecule has 0 fully saturated rings. The molecule has 0 unspecified atom stereocenters. The molecule has 0 aliphatic carbocycles. The molecule has 22 heavy (non-hydrogen) atoms. The first-order chi connectivity index (χ1) is 10.8. The van der Waals surface area contributed by atoms with Gasteiger partial charge in [-0.3, -0.25) is 9.36 Å². The normalized spacial score (nSPS) is 10.8. The second-order valence-corrected chi connectivity index (χ2v) is 6.30. The van der Waals surface area contributed by atoms with Crippen LogP contribution in [0.5, 0.6) is 0 Å². The molecule has 3 aromatic heterocycles. The summed E-state index contributed by atoms with van der Waals surface area (Å²) in [5, 5.41) is 13.8. The number of hydrogen-bond acceptors (Lipinski definition) is 6. The predicted molar refractivity (Wildman–Crippen MR) is 85.9 cm³/mol. The Morgan fingerprint density at radius 2 is 2.32 bits per heavy atom. The van der Waals surface area contributed by atoms with E-state index in [4.69, 9.17) is 4.42 Å². The van der Waals surface area contributed by atoms with Crippen molar-refractivity contribution in [2.75, 3.05) is 12.8 Å². The lowest BCUT2D eigenvalue weighted by molar-refractivity contribution is -0.118. The molecule has 0 aromatic carbocycles. The smallest absolute Gasteiger partial charge is 0.230 e. The van der Waals surface area contributed by atoms with E-state index >= 15 is 0 Å². The molecule has 1 amide bonds. The van der Waals surface area contributed by atoms with Crippen molar-refractivity contribution in [1.29, 1.82) is 0 Å². The van der Waals surface area contributed by atoms with Crippen LogP contribution in [0.25, 0.3) is 10.7 Å². The third-order valence-corrected chi connectivity index (χ3v) is 4.80. The van der Waals surface area contributed by atoms with E-state index in [0.717, 1.165) is 16.5 Å². The molecule has 0 spiro atoms. The monoisotopic (exact) mass is 334 g/mol. The van der Waals surface area contributed by atoms with Crippen molar-refractivity contribution >= 4 is 29.0 Å². The largest absolute Gasteiger partial charge is 0.467 e. The van der Waals surface area contributed by atoms with Gasteiger partial charge < -0.3 is 9.73 Å². The number of nitrogens with one attached hydrogen (secondary N) is 1. The highest BCUT2D eigenvalue weighted by atomic mass is 32.2. The number of aromatic nitrogens is 3. The third-order valence-electron chi connectivity index (χ3n) is 2.96. The zero-order valence-electron chi connectivity index (χ0n) is 11.9. The summed E-state index contributed by atoms with van der Waals surface area (Å²) in [6.07, 6.45) is 1.64. The van der Waals surface area contributed by atoms with Crippen molar-refractivity contribution in [3.8, 4) is 10.7 Å². The van der Waals surface area contributed by atoms with Crippen molar-refractivity contribution in [3.63, 3.8) is 0 Å². The first-order valence-corrected chi connectivity index (χ1v) is 8.47. The van der Waals surface area contributed by atoms with E-state index in [0.29, 0.717) is 17.5 Å². The van der Waals surface area contributed by atoms with Gasteiger partial charge in [-0.2, -0.15) is 0 Å². The van der Waals surface area contributed by atoms with Gasteiger partial charge in [-0.15, -0.1) is 21.5 Å². The summed E-state index contributed by atoms with van der Waals surface area (Å²) < 4.78 is 7.39. The summed E-state index contributed by atoms with van der Waals surface area (Å²) >= 11 is 2.96. The van der Waals surface area contributed by atoms with E-state index in [9.17, 15) is 4.79 Å². The molecular formula is C14H14N4O2S2. The lowest BCUT2D eigenvalue weighted by Crippen LogP contribution is -2.20. The van der Waals surface area contributed by atoms with Crippen molar-refractivity contribution in [2.24, 2.45) is 0 Å². The quantitative estimate of drug-likeness (QED) is 0.701. The van der Waals surface area contributed by atoms with Gasteiger partial charge in [0.05, 0.1) is 23.4 Å². The molecule has 3 rings (SSSR count). The fourth-order valence-corrected chi connectivity index (χ4v) is 3.41. The van der Waals surface area contributed by atoms with Gasteiger partial charge >= 0.3 is 0 Å². The van der Waals surface area contributed by atoms with Crippen LogP contribution in [0.2, 0.25) is 0 Å². The van der Waals surface area contributed by atoms with Crippen LogP contribution in [-0.4, -0.2) is 33.5 Å². The van der Waals surface area contributed by atoms with Gasteiger partial charge in [0, 0.05) is 7.05 Å². The zero-order chi connectivity index (χ0) is 15.4. The van der Waals surface area contributed by atoms with Crippen LogP contribution in [0, 0.1) is 0 Å². The van der Waals surface area contributed by atoms with Crippen LogP contribution in [0.4, 0.5) is 0 Å². The highest BCUT2D eigenvalue weighted by Crippen LogP contribution is 2.28. The molecule has 0 bridgehead atoms. The minimum atomic E-state index is -0.0461. The molecule has 0 saturated carbocycles. The second-order valence-electron chi connectivity index (χ2n) is 4.41. The van der Waals surface area contributed by atoms with Crippen molar-refractivity contribution in [2.45, 2.75) is 11.7 Å². The van der Waals surface area contributed by atoms with E-state index in [1.54, 1.807) is 24.6 Å². The fourth-order valence-electron chi connectivity index (χ4n) is 1.89. The number of carbonyl (C=O) groups excluding carboxylic acids is 1. The van der Waals surface area contributed by atoms with E-state index < -0.39 is 0 Å². The minimum Gasteiger partial charge on any atom is -0.467 e. The lowest BCUT2D eigenvalue weighted by atomic mass is 10.4. The number of thiophene rings is 1. The maximum absolute atomic E-state index is 11.4. The second kappa shape index (κ2) is 6.80. The molecule has 0 radical (unpaired) electrons. The molecule has 114 valence electrons. The Morgan fingerprint density at radius 1 is 1.41 bits per heavy atom.